The van der Waals surface area contributed by atoms with Gasteiger partial charge in [0.25, 0.3) is 0 Å². The largest absolute Gasteiger partial charge is 0.244 e. The van der Waals surface area contributed by atoms with Crippen molar-refractivity contribution in [1.82, 2.24) is 4.31 Å². The summed E-state index contributed by atoms with van der Waals surface area (Å²) in [6.45, 7) is 0.848. The minimum absolute atomic E-state index is 0.0952. The van der Waals surface area contributed by atoms with Crippen molar-refractivity contribution in [2.75, 3.05) is 13.1 Å². The molecular weight excluding hydrogens is 236 g/mol. The topological polar surface area (TPSA) is 61.2 Å². The smallest absolute Gasteiger partial charge is 0.207 e. The summed E-state index contributed by atoms with van der Waals surface area (Å²) in [7, 11) is -3.55. The fourth-order valence-electron chi connectivity index (χ4n) is 1.76. The third-order valence-electron chi connectivity index (χ3n) is 2.65. The Balaban J connectivity index is 2.45. The highest BCUT2D eigenvalue weighted by molar-refractivity contribution is 7.89. The summed E-state index contributed by atoms with van der Waals surface area (Å²) in [4.78, 5) is 0.0952. The molecule has 0 amide bonds. The molecule has 2 rings (SSSR count). The number of sulfonamides is 1. The van der Waals surface area contributed by atoms with E-state index >= 15 is 0 Å². The third-order valence-corrected chi connectivity index (χ3v) is 4.57. The summed E-state index contributed by atoms with van der Waals surface area (Å²) in [5.41, 5.74) is 0.196. The zero-order valence-corrected chi connectivity index (χ0v) is 10.0. The highest BCUT2D eigenvalue weighted by Gasteiger charge is 2.26. The normalized spacial score (nSPS) is 16.6. The van der Waals surface area contributed by atoms with Crippen molar-refractivity contribution in [3.05, 3.63) is 42.0 Å². The maximum absolute atomic E-state index is 12.3. The van der Waals surface area contributed by atoms with Crippen LogP contribution in [-0.4, -0.2) is 25.8 Å². The molecule has 0 bridgehead atoms. The molecule has 0 aromatic heterocycles. The predicted octanol–water partition coefficient (Wildman–Crippen LogP) is 1.51. The summed E-state index contributed by atoms with van der Waals surface area (Å²) < 4.78 is 26.0. The van der Waals surface area contributed by atoms with Crippen LogP contribution < -0.4 is 0 Å². The van der Waals surface area contributed by atoms with Gasteiger partial charge in [0.2, 0.25) is 10.0 Å². The lowest BCUT2D eigenvalue weighted by molar-refractivity contribution is 0.437. The molecule has 1 aromatic rings. The molecule has 88 valence electrons. The van der Waals surface area contributed by atoms with E-state index in [1.165, 1.54) is 16.4 Å². The van der Waals surface area contributed by atoms with E-state index in [-0.39, 0.29) is 10.5 Å². The van der Waals surface area contributed by atoms with E-state index < -0.39 is 10.0 Å². The van der Waals surface area contributed by atoms with Crippen molar-refractivity contribution in [3.8, 4) is 6.07 Å². The van der Waals surface area contributed by atoms with Gasteiger partial charge >= 0.3 is 0 Å². The summed E-state index contributed by atoms with van der Waals surface area (Å²) in [5.74, 6) is 0. The van der Waals surface area contributed by atoms with E-state index in [0.717, 1.165) is 0 Å². The molecule has 0 unspecified atom stereocenters. The molecule has 4 nitrogen and oxygen atoms in total. The van der Waals surface area contributed by atoms with E-state index in [0.29, 0.717) is 19.5 Å². The Morgan fingerprint density at radius 1 is 1.24 bits per heavy atom. The molecule has 0 spiro atoms. The van der Waals surface area contributed by atoms with Gasteiger partial charge in [-0.05, 0) is 18.6 Å². The molecule has 0 N–H and O–H groups in total. The number of hydrogen-bond donors (Lipinski definition) is 0. The fourth-order valence-corrected chi connectivity index (χ4v) is 3.31. The van der Waals surface area contributed by atoms with Crippen LogP contribution in [0.2, 0.25) is 0 Å². The number of hydrogen-bond acceptors (Lipinski definition) is 3. The number of nitriles is 1. The van der Waals surface area contributed by atoms with Crippen LogP contribution in [0.25, 0.3) is 0 Å². The SMILES string of the molecule is N#Cc1ccccc1S(=O)(=O)N1CC=CCC1. The first-order valence-corrected chi connectivity index (χ1v) is 6.74. The fraction of sp³-hybridized carbons (Fsp3) is 0.250. The summed E-state index contributed by atoms with van der Waals surface area (Å²) in [6.07, 6.45) is 4.51. The van der Waals surface area contributed by atoms with Crippen molar-refractivity contribution in [2.24, 2.45) is 0 Å². The van der Waals surface area contributed by atoms with Crippen molar-refractivity contribution >= 4 is 10.0 Å². The van der Waals surface area contributed by atoms with Crippen molar-refractivity contribution in [2.45, 2.75) is 11.3 Å². The van der Waals surface area contributed by atoms with Gasteiger partial charge < -0.3 is 0 Å². The molecule has 0 fully saturated rings. The second-order valence-corrected chi connectivity index (χ2v) is 5.64. The molecule has 1 aliphatic rings. The first kappa shape index (κ1) is 11.8. The van der Waals surface area contributed by atoms with Crippen molar-refractivity contribution in [1.29, 1.82) is 5.26 Å². The highest BCUT2D eigenvalue weighted by atomic mass is 32.2. The van der Waals surface area contributed by atoms with E-state index in [4.69, 9.17) is 5.26 Å². The maximum Gasteiger partial charge on any atom is 0.244 e. The predicted molar refractivity (Wildman–Crippen MR) is 63.7 cm³/mol. The van der Waals surface area contributed by atoms with Gasteiger partial charge in [-0.3, -0.25) is 0 Å². The molecule has 1 aliphatic heterocycles. The van der Waals surface area contributed by atoms with Gasteiger partial charge in [0, 0.05) is 13.1 Å². The first-order valence-electron chi connectivity index (χ1n) is 5.30. The van der Waals surface area contributed by atoms with Crippen LogP contribution in [0, 0.1) is 11.3 Å². The molecule has 1 heterocycles. The molecule has 0 aliphatic carbocycles. The van der Waals surface area contributed by atoms with Crippen LogP contribution in [0.1, 0.15) is 12.0 Å². The minimum Gasteiger partial charge on any atom is -0.207 e. The average Bonchev–Trinajstić information content (AvgIpc) is 2.39. The zero-order valence-electron chi connectivity index (χ0n) is 9.20. The number of rotatable bonds is 2. The van der Waals surface area contributed by atoms with E-state index in [9.17, 15) is 8.42 Å². The van der Waals surface area contributed by atoms with Gasteiger partial charge in [0.15, 0.2) is 0 Å². The molecule has 1 aromatic carbocycles. The zero-order chi connectivity index (χ0) is 12.3. The summed E-state index contributed by atoms with van der Waals surface area (Å²) in [5, 5.41) is 8.93. The van der Waals surface area contributed by atoms with Crippen LogP contribution in [0.3, 0.4) is 0 Å². The Kier molecular flexibility index (Phi) is 3.27. The molecule has 0 atom stereocenters. The molecular formula is C12H12N2O2S. The van der Waals surface area contributed by atoms with Crippen LogP contribution in [0.15, 0.2) is 41.3 Å². The van der Waals surface area contributed by atoms with Crippen LogP contribution in [0.5, 0.6) is 0 Å². The first-order chi connectivity index (χ1) is 8.16. The molecule has 5 heteroatoms. The van der Waals surface area contributed by atoms with E-state index in [1.54, 1.807) is 12.1 Å². The highest BCUT2D eigenvalue weighted by Crippen LogP contribution is 2.21. The van der Waals surface area contributed by atoms with Gasteiger partial charge in [-0.15, -0.1) is 0 Å². The second-order valence-electron chi connectivity index (χ2n) is 3.73. The summed E-state index contributed by atoms with van der Waals surface area (Å²) >= 11 is 0. The van der Waals surface area contributed by atoms with Crippen LogP contribution >= 0.6 is 0 Å². The minimum atomic E-state index is -3.55. The lowest BCUT2D eigenvalue weighted by Gasteiger charge is -2.23. The Morgan fingerprint density at radius 2 is 2.00 bits per heavy atom. The monoisotopic (exact) mass is 248 g/mol. The molecule has 17 heavy (non-hydrogen) atoms. The van der Waals surface area contributed by atoms with Gasteiger partial charge in [-0.2, -0.15) is 9.57 Å². The second kappa shape index (κ2) is 4.70. The molecule has 0 saturated carbocycles. The molecule has 0 radical (unpaired) electrons. The van der Waals surface area contributed by atoms with Gasteiger partial charge in [0.05, 0.1) is 10.5 Å². The van der Waals surface area contributed by atoms with E-state index in [2.05, 4.69) is 0 Å². The van der Waals surface area contributed by atoms with Crippen LogP contribution in [0.4, 0.5) is 0 Å². The number of benzene rings is 1. The van der Waals surface area contributed by atoms with Crippen molar-refractivity contribution in [3.63, 3.8) is 0 Å². The Hall–Kier alpha value is -1.64. The lowest BCUT2D eigenvalue weighted by atomic mass is 10.2. The Bertz CT molecular complexity index is 585. The summed E-state index contributed by atoms with van der Waals surface area (Å²) in [6, 6.07) is 8.21. The average molecular weight is 248 g/mol. The standard InChI is InChI=1S/C12H12N2O2S/c13-10-11-6-2-3-7-12(11)17(15,16)14-8-4-1-5-9-14/h1-4,6-7H,5,8-9H2. The number of nitrogens with zero attached hydrogens (tertiary/aromatic N) is 2. The van der Waals surface area contributed by atoms with E-state index in [1.807, 2.05) is 18.2 Å². The van der Waals surface area contributed by atoms with Gasteiger partial charge in [-0.1, -0.05) is 24.3 Å². The quantitative estimate of drug-likeness (QED) is 0.745. The van der Waals surface area contributed by atoms with Gasteiger partial charge in [-0.25, -0.2) is 8.42 Å². The molecule has 0 saturated heterocycles. The van der Waals surface area contributed by atoms with Crippen LogP contribution in [-0.2, 0) is 10.0 Å². The maximum atomic E-state index is 12.3. The Morgan fingerprint density at radius 3 is 2.65 bits per heavy atom. The third kappa shape index (κ3) is 2.23. The van der Waals surface area contributed by atoms with Gasteiger partial charge in [0.1, 0.15) is 6.07 Å². The lowest BCUT2D eigenvalue weighted by Crippen LogP contribution is -2.34. The van der Waals surface area contributed by atoms with Crippen molar-refractivity contribution < 1.29 is 8.42 Å². The Labute approximate surface area is 101 Å².